The van der Waals surface area contributed by atoms with Gasteiger partial charge in [-0.05, 0) is 84.2 Å². The quantitative estimate of drug-likeness (QED) is 0.187. The predicted molar refractivity (Wildman–Crippen MR) is 190 cm³/mol. The number of hydrogen-bond acceptors (Lipinski definition) is 1. The second-order valence-corrected chi connectivity index (χ2v) is 10.5. The maximum absolute atomic E-state index is 9.87. The third-order valence-corrected chi connectivity index (χ3v) is 8.00. The number of fused-ring (bicyclic) bond motifs is 5. The molecule has 8 aromatic carbocycles. The molecule has 0 N–H and O–H groups in total. The van der Waals surface area contributed by atoms with E-state index in [2.05, 4.69) is 0 Å². The van der Waals surface area contributed by atoms with Crippen LogP contribution in [0.15, 0.2) is 174 Å². The van der Waals surface area contributed by atoms with Crippen molar-refractivity contribution >= 4 is 43.5 Å². The highest BCUT2D eigenvalue weighted by atomic mass is 16.3. The fraction of sp³-hybridized carbons (Fsp3) is 0. The summed E-state index contributed by atoms with van der Waals surface area (Å²) in [5.41, 5.74) is 0.211. The first-order valence-electron chi connectivity index (χ1n) is 21.7. The fourth-order valence-electron chi connectivity index (χ4n) is 6.13. The molecule has 9 rings (SSSR count). The molecule has 9 aromatic rings. The molecule has 1 nitrogen and oxygen atoms in total. The van der Waals surface area contributed by atoms with E-state index in [-0.39, 0.29) is 67.9 Å². The van der Waals surface area contributed by atoms with Gasteiger partial charge in [0.1, 0.15) is 11.2 Å². The van der Waals surface area contributed by atoms with Crippen molar-refractivity contribution in [2.45, 2.75) is 0 Å². The first-order chi connectivity index (χ1) is 28.6. The minimum absolute atomic E-state index is 0.00183. The van der Waals surface area contributed by atoms with Gasteiger partial charge in [0.05, 0.1) is 20.6 Å². The molecule has 0 saturated carbocycles. The average molecular weight is 588 g/mol. The van der Waals surface area contributed by atoms with Gasteiger partial charge in [0.2, 0.25) is 0 Å². The summed E-state index contributed by atoms with van der Waals surface area (Å²) in [7, 11) is 0. The van der Waals surface area contributed by atoms with Crippen LogP contribution in [-0.4, -0.2) is 0 Å². The van der Waals surface area contributed by atoms with E-state index in [1.165, 1.54) is 0 Å². The summed E-state index contributed by atoms with van der Waals surface area (Å²) in [4.78, 5) is 0. The Morgan fingerprint density at radius 2 is 0.978 bits per heavy atom. The Balaban J connectivity index is 1.48. The summed E-state index contributed by atoms with van der Waals surface area (Å²) in [5.74, 6) is 0. The van der Waals surface area contributed by atoms with Crippen molar-refractivity contribution in [3.63, 3.8) is 0 Å². The lowest BCUT2D eigenvalue weighted by atomic mass is 9.83. The lowest BCUT2D eigenvalue weighted by Gasteiger charge is -2.19. The minimum atomic E-state index is -0.682. The maximum atomic E-state index is 9.87. The number of hydrogen-bond donors (Lipinski definition) is 0. The lowest BCUT2D eigenvalue weighted by molar-refractivity contribution is 0.669. The molecule has 1 heteroatoms. The van der Waals surface area contributed by atoms with E-state index in [1.807, 2.05) is 0 Å². The SMILES string of the molecule is [2H]c1c([2H])c([2H])c(-c2c([2H])c([2H])c([2H])c([2H])c2-c2c3ccccc3c(-c3c([2H])c([2H])c4oc5c([2H])c([2H])c([2H])c(-c6ccccc6)c5c4c3[2H])c3ccccc23)c([2H])c1[2H]. The van der Waals surface area contributed by atoms with Gasteiger partial charge in [-0.1, -0.05) is 151 Å². The van der Waals surface area contributed by atoms with Crippen LogP contribution in [0, 0.1) is 0 Å². The van der Waals surface area contributed by atoms with Gasteiger partial charge in [-0.25, -0.2) is 0 Å². The topological polar surface area (TPSA) is 13.1 Å². The van der Waals surface area contributed by atoms with Gasteiger partial charge in [0.25, 0.3) is 0 Å². The monoisotopic (exact) mass is 587 g/mol. The molecule has 1 heterocycles. The third kappa shape index (κ3) is 4.09. The van der Waals surface area contributed by atoms with E-state index in [4.69, 9.17) is 19.5 Å². The van der Waals surface area contributed by atoms with Crippen LogP contribution in [-0.2, 0) is 0 Å². The number of rotatable bonds is 4. The van der Waals surface area contributed by atoms with Gasteiger partial charge in [0, 0.05) is 10.8 Å². The van der Waals surface area contributed by atoms with Gasteiger partial charge in [-0.15, -0.1) is 0 Å². The van der Waals surface area contributed by atoms with Crippen molar-refractivity contribution in [1.82, 2.24) is 0 Å². The standard InChI is InChI=1S/C44H28O/c1-3-14-29(15-4-1)32-18-7-8-19-34(32)43-37-22-11-9-20-35(37)42(36-21-10-12-23-38(36)43)31-26-27-40-39(28-31)44-33(24-13-25-41(44)45-40)30-16-5-2-6-17-30/h1-28H/i1D,3D,4D,7D,8D,13D,14D,15D,18D,19D,24D,25D,26D,27D,28D. The molecule has 0 amide bonds. The Hall–Kier alpha value is -5.92. The van der Waals surface area contributed by atoms with Gasteiger partial charge >= 0.3 is 0 Å². The van der Waals surface area contributed by atoms with Crippen LogP contribution in [0.4, 0.5) is 0 Å². The molecule has 0 spiro atoms. The van der Waals surface area contributed by atoms with E-state index in [0.717, 1.165) is 0 Å². The molecule has 0 unspecified atom stereocenters. The Morgan fingerprint density at radius 1 is 0.378 bits per heavy atom. The van der Waals surface area contributed by atoms with Crippen LogP contribution in [0.1, 0.15) is 20.6 Å². The van der Waals surface area contributed by atoms with E-state index < -0.39 is 78.1 Å². The highest BCUT2D eigenvalue weighted by Gasteiger charge is 2.20. The smallest absolute Gasteiger partial charge is 0.136 e. The molecular weight excluding hydrogens is 544 g/mol. The van der Waals surface area contributed by atoms with E-state index in [9.17, 15) is 5.48 Å². The van der Waals surface area contributed by atoms with Crippen molar-refractivity contribution < 1.29 is 25.0 Å². The van der Waals surface area contributed by atoms with E-state index in [0.29, 0.717) is 32.7 Å². The Bertz CT molecular complexity index is 3290. The number of furan rings is 1. The summed E-state index contributed by atoms with van der Waals surface area (Å²) < 4.78 is 140. The second kappa shape index (κ2) is 10.4. The zero-order chi connectivity index (χ0) is 42.8. The predicted octanol–water partition coefficient (Wildman–Crippen LogP) is 12.6. The van der Waals surface area contributed by atoms with Crippen LogP contribution in [0.25, 0.3) is 88.0 Å². The summed E-state index contributed by atoms with van der Waals surface area (Å²) in [6, 6.07) is 14.5. The first kappa shape index (κ1) is 14.7. The molecule has 0 fully saturated rings. The molecule has 1 aromatic heterocycles. The zero-order valence-electron chi connectivity index (χ0n) is 38.4. The van der Waals surface area contributed by atoms with Gasteiger partial charge in [-0.2, -0.15) is 0 Å². The fourth-order valence-corrected chi connectivity index (χ4v) is 6.13. The van der Waals surface area contributed by atoms with Crippen LogP contribution in [0.5, 0.6) is 0 Å². The van der Waals surface area contributed by atoms with Crippen molar-refractivity contribution in [2.24, 2.45) is 0 Å². The van der Waals surface area contributed by atoms with Gasteiger partial charge < -0.3 is 4.42 Å². The van der Waals surface area contributed by atoms with Crippen molar-refractivity contribution in [3.05, 3.63) is 169 Å². The summed E-state index contributed by atoms with van der Waals surface area (Å²) >= 11 is 0. The van der Waals surface area contributed by atoms with Gasteiger partial charge in [0.15, 0.2) is 0 Å². The highest BCUT2D eigenvalue weighted by Crippen LogP contribution is 2.47. The average Bonchev–Trinajstić information content (AvgIpc) is 3.66. The maximum Gasteiger partial charge on any atom is 0.136 e. The van der Waals surface area contributed by atoms with Gasteiger partial charge in [-0.3, -0.25) is 0 Å². The van der Waals surface area contributed by atoms with Crippen molar-refractivity contribution in [3.8, 4) is 44.5 Å². The third-order valence-electron chi connectivity index (χ3n) is 8.00. The minimum Gasteiger partial charge on any atom is -0.456 e. The molecule has 0 radical (unpaired) electrons. The van der Waals surface area contributed by atoms with Crippen LogP contribution in [0.2, 0.25) is 0 Å². The molecule has 0 aliphatic heterocycles. The summed E-state index contributed by atoms with van der Waals surface area (Å²) in [6.45, 7) is 0. The second-order valence-electron chi connectivity index (χ2n) is 10.5. The first-order valence-corrected chi connectivity index (χ1v) is 14.2. The Labute approximate surface area is 282 Å². The molecule has 0 atom stereocenters. The Morgan fingerprint density at radius 3 is 1.69 bits per heavy atom. The molecule has 0 aliphatic carbocycles. The normalized spacial score (nSPS) is 16.2. The Kier molecular flexibility index (Phi) is 3.39. The largest absolute Gasteiger partial charge is 0.456 e. The lowest BCUT2D eigenvalue weighted by Crippen LogP contribution is -1.92. The van der Waals surface area contributed by atoms with Crippen LogP contribution in [0.3, 0.4) is 0 Å². The summed E-state index contributed by atoms with van der Waals surface area (Å²) in [5, 5.41) is 1.79. The molecule has 0 saturated heterocycles. The zero-order valence-corrected chi connectivity index (χ0v) is 23.4. The highest BCUT2D eigenvalue weighted by molar-refractivity contribution is 6.23. The molecule has 0 aliphatic rings. The van der Waals surface area contributed by atoms with Crippen LogP contribution < -0.4 is 0 Å². The molecule has 45 heavy (non-hydrogen) atoms. The number of benzene rings is 8. The molecule has 0 bridgehead atoms. The van der Waals surface area contributed by atoms with E-state index in [1.54, 1.807) is 78.9 Å². The van der Waals surface area contributed by atoms with Crippen molar-refractivity contribution in [1.29, 1.82) is 0 Å². The molecule has 210 valence electrons. The van der Waals surface area contributed by atoms with Crippen molar-refractivity contribution in [2.75, 3.05) is 0 Å². The summed E-state index contributed by atoms with van der Waals surface area (Å²) in [6.07, 6.45) is 0. The van der Waals surface area contributed by atoms with E-state index >= 15 is 0 Å². The van der Waals surface area contributed by atoms with Crippen LogP contribution >= 0.6 is 0 Å². The molecular formula is C44H28O.